The van der Waals surface area contributed by atoms with E-state index in [9.17, 15) is 14.4 Å². The molecule has 0 aliphatic carbocycles. The van der Waals surface area contributed by atoms with Crippen LogP contribution in [0.4, 0.5) is 5.13 Å². The minimum Gasteiger partial charge on any atom is -0.383 e. The first-order valence-corrected chi connectivity index (χ1v) is 14.8. The molecule has 0 bridgehead atoms. The number of carbonyl (C=O) groups excluding carboxylic acids is 3. The van der Waals surface area contributed by atoms with Crippen LogP contribution in [0.25, 0.3) is 0 Å². The molecule has 0 saturated heterocycles. The topological polar surface area (TPSA) is 101 Å². The Bertz CT molecular complexity index is 1430. The number of carbonyl (C=O) groups is 3. The first-order valence-electron chi connectivity index (χ1n) is 13.6. The maximum atomic E-state index is 13.0. The summed E-state index contributed by atoms with van der Waals surface area (Å²) in [5.41, 5.74) is 3.27. The molecule has 1 aromatic heterocycles. The van der Waals surface area contributed by atoms with Crippen molar-refractivity contribution in [1.29, 1.82) is 0 Å². The molecule has 8 nitrogen and oxygen atoms in total. The number of nitrogens with zero attached hydrogens (tertiary/aromatic N) is 2. The van der Waals surface area contributed by atoms with Crippen LogP contribution in [0.2, 0.25) is 5.02 Å². The Morgan fingerprint density at radius 1 is 0.929 bits per heavy atom. The molecule has 0 saturated carbocycles. The quantitative estimate of drug-likeness (QED) is 0.201. The summed E-state index contributed by atoms with van der Waals surface area (Å²) in [5.74, 6) is -0.757. The standard InChI is InChI=1S/C32H33ClN4O4S/c1-41-19-18-37(31(40)27-14-8-9-15-28(27)33)21-30(39)36-32-35-25(22-42-32)20-29(38)34-17-16-26(23-10-4-2-5-11-23)24-12-6-3-7-13-24/h2-15,22,26H,16-21H2,1H3,(H,34,38)(H,35,36,39). The van der Waals surface area contributed by atoms with Crippen molar-refractivity contribution >= 4 is 45.8 Å². The molecule has 0 spiro atoms. The molecule has 3 amide bonds. The zero-order valence-electron chi connectivity index (χ0n) is 23.3. The molecule has 218 valence electrons. The summed E-state index contributed by atoms with van der Waals surface area (Å²) >= 11 is 7.41. The highest BCUT2D eigenvalue weighted by atomic mass is 35.5. The van der Waals surface area contributed by atoms with E-state index in [1.807, 2.05) is 36.4 Å². The highest BCUT2D eigenvalue weighted by Crippen LogP contribution is 2.27. The largest absolute Gasteiger partial charge is 0.383 e. The van der Waals surface area contributed by atoms with Crippen molar-refractivity contribution in [2.24, 2.45) is 0 Å². The fourth-order valence-electron chi connectivity index (χ4n) is 4.52. The van der Waals surface area contributed by atoms with E-state index in [2.05, 4.69) is 39.9 Å². The third-order valence-corrected chi connectivity index (χ3v) is 7.73. The van der Waals surface area contributed by atoms with Crippen LogP contribution in [0, 0.1) is 0 Å². The van der Waals surface area contributed by atoms with Crippen LogP contribution in [0.3, 0.4) is 0 Å². The third-order valence-electron chi connectivity index (χ3n) is 6.59. The van der Waals surface area contributed by atoms with Crippen LogP contribution in [0.5, 0.6) is 0 Å². The Hall–Kier alpha value is -4.05. The van der Waals surface area contributed by atoms with Gasteiger partial charge >= 0.3 is 0 Å². The van der Waals surface area contributed by atoms with E-state index >= 15 is 0 Å². The maximum absolute atomic E-state index is 13.0. The molecule has 0 radical (unpaired) electrons. The average molecular weight is 605 g/mol. The van der Waals surface area contributed by atoms with Crippen molar-refractivity contribution in [1.82, 2.24) is 15.2 Å². The lowest BCUT2D eigenvalue weighted by molar-refractivity contribution is -0.120. The second-order valence-corrected chi connectivity index (χ2v) is 10.8. The lowest BCUT2D eigenvalue weighted by atomic mass is 9.88. The lowest BCUT2D eigenvalue weighted by Gasteiger charge is -2.22. The zero-order chi connectivity index (χ0) is 29.7. The second-order valence-electron chi connectivity index (χ2n) is 9.58. The van der Waals surface area contributed by atoms with Gasteiger partial charge in [0, 0.05) is 31.5 Å². The molecule has 42 heavy (non-hydrogen) atoms. The third kappa shape index (κ3) is 8.97. The summed E-state index contributed by atoms with van der Waals surface area (Å²) in [6.45, 7) is 0.786. The number of nitrogens with one attached hydrogen (secondary N) is 2. The van der Waals surface area contributed by atoms with Gasteiger partial charge in [0.15, 0.2) is 5.13 Å². The number of thiazole rings is 1. The molecule has 0 fully saturated rings. The summed E-state index contributed by atoms with van der Waals surface area (Å²) in [5, 5.41) is 8.13. The number of aromatic nitrogens is 1. The number of ether oxygens (including phenoxy) is 1. The Balaban J connectivity index is 1.28. The van der Waals surface area contributed by atoms with Gasteiger partial charge in [0.2, 0.25) is 11.8 Å². The molecular weight excluding hydrogens is 572 g/mol. The first kappa shape index (κ1) is 30.9. The molecule has 10 heteroatoms. The van der Waals surface area contributed by atoms with Crippen molar-refractivity contribution < 1.29 is 19.1 Å². The van der Waals surface area contributed by atoms with Crippen molar-refractivity contribution in [2.75, 3.05) is 38.7 Å². The summed E-state index contributed by atoms with van der Waals surface area (Å²) in [6, 6.07) is 27.2. The fraction of sp³-hybridized carbons (Fsp3) is 0.250. The molecule has 0 atom stereocenters. The number of benzene rings is 3. The number of methoxy groups -OCH3 is 1. The van der Waals surface area contributed by atoms with Crippen LogP contribution < -0.4 is 10.6 Å². The number of hydrogen-bond donors (Lipinski definition) is 2. The Labute approximate surface area is 254 Å². The number of rotatable bonds is 14. The first-order chi connectivity index (χ1) is 20.4. The highest BCUT2D eigenvalue weighted by molar-refractivity contribution is 7.13. The van der Waals surface area contributed by atoms with Crippen LogP contribution in [-0.2, 0) is 20.7 Å². The fourth-order valence-corrected chi connectivity index (χ4v) is 5.46. The summed E-state index contributed by atoms with van der Waals surface area (Å²) in [6.07, 6.45) is 0.850. The zero-order valence-corrected chi connectivity index (χ0v) is 24.9. The molecule has 0 unspecified atom stereocenters. The normalized spacial score (nSPS) is 10.8. The van der Waals surface area contributed by atoms with E-state index in [1.54, 1.807) is 29.6 Å². The molecule has 4 rings (SSSR count). The van der Waals surface area contributed by atoms with Crippen LogP contribution in [0.1, 0.15) is 39.5 Å². The van der Waals surface area contributed by atoms with E-state index in [1.165, 1.54) is 34.5 Å². The Morgan fingerprint density at radius 2 is 1.57 bits per heavy atom. The van der Waals surface area contributed by atoms with Gasteiger partial charge in [-0.15, -0.1) is 11.3 Å². The molecule has 0 aliphatic rings. The molecule has 2 N–H and O–H groups in total. The van der Waals surface area contributed by atoms with Crippen LogP contribution in [0.15, 0.2) is 90.3 Å². The van der Waals surface area contributed by atoms with Gasteiger partial charge < -0.3 is 20.3 Å². The van der Waals surface area contributed by atoms with Crippen LogP contribution >= 0.6 is 22.9 Å². The van der Waals surface area contributed by atoms with Gasteiger partial charge in [-0.2, -0.15) is 0 Å². The number of amides is 3. The molecule has 4 aromatic rings. The summed E-state index contributed by atoms with van der Waals surface area (Å²) in [7, 11) is 1.52. The van der Waals surface area contributed by atoms with Gasteiger partial charge in [-0.3, -0.25) is 14.4 Å². The van der Waals surface area contributed by atoms with E-state index in [0.717, 1.165) is 6.42 Å². The van der Waals surface area contributed by atoms with E-state index in [-0.39, 0.29) is 43.8 Å². The maximum Gasteiger partial charge on any atom is 0.255 e. The number of halogens is 1. The van der Waals surface area contributed by atoms with Crippen LogP contribution in [-0.4, -0.2) is 61.0 Å². The minimum atomic E-state index is -0.412. The Kier molecular flexibility index (Phi) is 11.6. The van der Waals surface area contributed by atoms with Gasteiger partial charge in [-0.05, 0) is 29.7 Å². The van der Waals surface area contributed by atoms with Gasteiger partial charge in [-0.25, -0.2) is 4.98 Å². The monoisotopic (exact) mass is 604 g/mol. The van der Waals surface area contributed by atoms with Crippen molar-refractivity contribution in [2.45, 2.75) is 18.8 Å². The van der Waals surface area contributed by atoms with E-state index in [4.69, 9.17) is 16.3 Å². The predicted octanol–water partition coefficient (Wildman–Crippen LogP) is 5.40. The average Bonchev–Trinajstić information content (AvgIpc) is 3.44. The van der Waals surface area contributed by atoms with Crippen molar-refractivity contribution in [3.8, 4) is 0 Å². The molecule has 0 aliphatic heterocycles. The minimum absolute atomic E-state index is 0.0959. The molecular formula is C32H33ClN4O4S. The number of hydrogen-bond acceptors (Lipinski definition) is 6. The van der Waals surface area contributed by atoms with E-state index < -0.39 is 5.91 Å². The second kappa shape index (κ2) is 15.8. The molecule has 1 heterocycles. The SMILES string of the molecule is COCCN(CC(=O)Nc1nc(CC(=O)NCCC(c2ccccc2)c2ccccc2)cs1)C(=O)c1ccccc1Cl. The summed E-state index contributed by atoms with van der Waals surface area (Å²) in [4.78, 5) is 44.3. The Morgan fingerprint density at radius 3 is 2.21 bits per heavy atom. The van der Waals surface area contributed by atoms with Gasteiger partial charge in [0.1, 0.15) is 6.54 Å². The smallest absolute Gasteiger partial charge is 0.255 e. The van der Waals surface area contributed by atoms with Gasteiger partial charge in [-0.1, -0.05) is 84.4 Å². The van der Waals surface area contributed by atoms with E-state index in [0.29, 0.717) is 28.0 Å². The highest BCUT2D eigenvalue weighted by Gasteiger charge is 2.21. The van der Waals surface area contributed by atoms with Gasteiger partial charge in [0.25, 0.3) is 5.91 Å². The van der Waals surface area contributed by atoms with Crippen molar-refractivity contribution in [3.63, 3.8) is 0 Å². The number of anilines is 1. The van der Waals surface area contributed by atoms with Crippen molar-refractivity contribution in [3.05, 3.63) is 118 Å². The lowest BCUT2D eigenvalue weighted by Crippen LogP contribution is -2.40. The van der Waals surface area contributed by atoms with Gasteiger partial charge in [0.05, 0.1) is 29.3 Å². The predicted molar refractivity (Wildman–Crippen MR) is 166 cm³/mol. The summed E-state index contributed by atoms with van der Waals surface area (Å²) < 4.78 is 5.11. The molecule has 3 aromatic carbocycles.